The minimum absolute atomic E-state index is 0.201. The van der Waals surface area contributed by atoms with E-state index in [1.54, 1.807) is 72.2 Å². The number of nitrogens with two attached hydrogens (primary N) is 1. The van der Waals surface area contributed by atoms with E-state index >= 15 is 0 Å². The van der Waals surface area contributed by atoms with Crippen LogP contribution in [0.5, 0.6) is 0 Å². The van der Waals surface area contributed by atoms with Crippen molar-refractivity contribution in [3.05, 3.63) is 93.0 Å². The van der Waals surface area contributed by atoms with Crippen molar-refractivity contribution in [1.82, 2.24) is 9.88 Å². The number of hydrogen-bond acceptors (Lipinski definition) is 5. The van der Waals surface area contributed by atoms with Crippen molar-refractivity contribution >= 4 is 39.7 Å². The molecule has 1 amide bonds. The van der Waals surface area contributed by atoms with Gasteiger partial charge in [-0.1, -0.05) is 6.07 Å². The molecule has 0 aliphatic rings. The van der Waals surface area contributed by atoms with Crippen molar-refractivity contribution in [3.8, 4) is 5.69 Å². The topological polar surface area (TPSA) is 114 Å². The average molecular weight is 419 g/mol. The van der Waals surface area contributed by atoms with E-state index < -0.39 is 17.9 Å². The standard InChI is InChI=1S/C22H17N3O4S/c23-15-5-8-17-14(12-15)9-10-25(21(17)27)16-6-3-13(4-7-16)20(26)24-19(22(28)29)18-2-1-11-30-18/h1-12,19H,23H2,(H,24,26)(H,28,29). The fourth-order valence-electron chi connectivity index (χ4n) is 3.17. The molecule has 2 heterocycles. The molecule has 0 saturated heterocycles. The van der Waals surface area contributed by atoms with Crippen molar-refractivity contribution in [1.29, 1.82) is 0 Å². The Kier molecular flexibility index (Phi) is 5.07. The zero-order chi connectivity index (χ0) is 21.3. The van der Waals surface area contributed by atoms with Crippen LogP contribution in [0.2, 0.25) is 0 Å². The average Bonchev–Trinajstić information content (AvgIpc) is 3.26. The van der Waals surface area contributed by atoms with Crippen molar-refractivity contribution in [2.75, 3.05) is 5.73 Å². The Hall–Kier alpha value is -3.91. The highest BCUT2D eigenvalue weighted by Gasteiger charge is 2.23. The molecule has 0 aliphatic carbocycles. The predicted octanol–water partition coefficient (Wildman–Crippen LogP) is 3.19. The van der Waals surface area contributed by atoms with Gasteiger partial charge in [0.05, 0.1) is 0 Å². The monoisotopic (exact) mass is 419 g/mol. The van der Waals surface area contributed by atoms with E-state index in [0.29, 0.717) is 27.2 Å². The highest BCUT2D eigenvalue weighted by Crippen LogP contribution is 2.20. The number of benzene rings is 2. The zero-order valence-corrected chi connectivity index (χ0v) is 16.4. The van der Waals surface area contributed by atoms with Crippen LogP contribution in [0.4, 0.5) is 5.69 Å². The van der Waals surface area contributed by atoms with Gasteiger partial charge in [-0.3, -0.25) is 14.2 Å². The fraction of sp³-hybridized carbons (Fsp3) is 0.0455. The molecule has 4 rings (SSSR count). The molecular formula is C22H17N3O4S. The molecule has 4 aromatic rings. The molecule has 7 nitrogen and oxygen atoms in total. The molecule has 8 heteroatoms. The van der Waals surface area contributed by atoms with Crippen LogP contribution < -0.4 is 16.6 Å². The minimum Gasteiger partial charge on any atom is -0.479 e. The minimum atomic E-state index is -1.13. The summed E-state index contributed by atoms with van der Waals surface area (Å²) in [5.74, 6) is -1.64. The summed E-state index contributed by atoms with van der Waals surface area (Å²) < 4.78 is 1.48. The maximum absolute atomic E-state index is 12.8. The van der Waals surface area contributed by atoms with Gasteiger partial charge >= 0.3 is 5.97 Å². The SMILES string of the molecule is Nc1ccc2c(=O)n(-c3ccc(C(=O)NC(C(=O)O)c4cccs4)cc3)ccc2c1. The Bertz CT molecular complexity index is 1290. The summed E-state index contributed by atoms with van der Waals surface area (Å²) >= 11 is 1.26. The molecule has 0 bridgehead atoms. The molecule has 30 heavy (non-hydrogen) atoms. The van der Waals surface area contributed by atoms with E-state index in [0.717, 1.165) is 5.39 Å². The number of carbonyl (C=O) groups excluding carboxylic acids is 1. The molecule has 0 saturated carbocycles. The number of amides is 1. The van der Waals surface area contributed by atoms with Gasteiger partial charge in [0.2, 0.25) is 0 Å². The van der Waals surface area contributed by atoms with Crippen LogP contribution in [0.25, 0.3) is 16.5 Å². The van der Waals surface area contributed by atoms with Gasteiger partial charge in [-0.05, 0) is 65.4 Å². The van der Waals surface area contributed by atoms with Crippen molar-refractivity contribution in [2.24, 2.45) is 0 Å². The smallest absolute Gasteiger partial charge is 0.331 e. The van der Waals surface area contributed by atoms with Crippen molar-refractivity contribution in [3.63, 3.8) is 0 Å². The summed E-state index contributed by atoms with van der Waals surface area (Å²) in [6.45, 7) is 0. The summed E-state index contributed by atoms with van der Waals surface area (Å²) in [7, 11) is 0. The Balaban J connectivity index is 1.60. The lowest BCUT2D eigenvalue weighted by Gasteiger charge is -2.13. The molecule has 0 aliphatic heterocycles. The van der Waals surface area contributed by atoms with Crippen LogP contribution in [0, 0.1) is 0 Å². The van der Waals surface area contributed by atoms with Gasteiger partial charge < -0.3 is 16.2 Å². The Labute approximate surface area is 175 Å². The molecule has 1 unspecified atom stereocenters. The number of carboxylic acids is 1. The molecule has 0 fully saturated rings. The van der Waals surface area contributed by atoms with E-state index in [2.05, 4.69) is 5.32 Å². The number of rotatable bonds is 5. The first-order valence-corrected chi connectivity index (χ1v) is 9.90. The van der Waals surface area contributed by atoms with Gasteiger partial charge in [-0.2, -0.15) is 0 Å². The number of pyridine rings is 1. The Morgan fingerprint density at radius 1 is 1.07 bits per heavy atom. The number of carboxylic acid groups (broad SMARTS) is 1. The van der Waals surface area contributed by atoms with Crippen LogP contribution in [0.15, 0.2) is 77.0 Å². The zero-order valence-electron chi connectivity index (χ0n) is 15.6. The molecule has 2 aromatic heterocycles. The van der Waals surface area contributed by atoms with Crippen LogP contribution in [0.1, 0.15) is 21.3 Å². The molecule has 2 aromatic carbocycles. The van der Waals surface area contributed by atoms with E-state index in [9.17, 15) is 19.5 Å². The molecule has 1 atom stereocenters. The maximum atomic E-state index is 12.8. The van der Waals surface area contributed by atoms with Crippen molar-refractivity contribution in [2.45, 2.75) is 6.04 Å². The van der Waals surface area contributed by atoms with Crippen LogP contribution in [-0.4, -0.2) is 21.6 Å². The van der Waals surface area contributed by atoms with Gasteiger partial charge in [-0.25, -0.2) is 4.79 Å². The first kappa shape index (κ1) is 19.4. The van der Waals surface area contributed by atoms with Crippen LogP contribution in [0.3, 0.4) is 0 Å². The third-order valence-corrected chi connectivity index (χ3v) is 5.62. The number of thiophene rings is 1. The number of nitrogens with zero attached hydrogens (tertiary/aromatic N) is 1. The highest BCUT2D eigenvalue weighted by atomic mass is 32.1. The number of carbonyl (C=O) groups is 2. The summed E-state index contributed by atoms with van der Waals surface area (Å²) in [5.41, 5.74) is 7.03. The van der Waals surface area contributed by atoms with Gasteiger partial charge in [0, 0.05) is 33.4 Å². The molecule has 0 spiro atoms. The van der Waals surface area contributed by atoms with E-state index in [1.807, 2.05) is 0 Å². The number of aromatic nitrogens is 1. The number of fused-ring (bicyclic) bond motifs is 1. The van der Waals surface area contributed by atoms with Crippen LogP contribution in [-0.2, 0) is 4.79 Å². The van der Waals surface area contributed by atoms with Gasteiger partial charge in [0.15, 0.2) is 6.04 Å². The number of aliphatic carboxylic acids is 1. The van der Waals surface area contributed by atoms with Gasteiger partial charge in [0.25, 0.3) is 11.5 Å². The lowest BCUT2D eigenvalue weighted by molar-refractivity contribution is -0.139. The normalized spacial score (nSPS) is 11.9. The van der Waals surface area contributed by atoms with E-state index in [1.165, 1.54) is 15.9 Å². The number of nitrogens with one attached hydrogen (secondary N) is 1. The van der Waals surface area contributed by atoms with E-state index in [4.69, 9.17) is 5.73 Å². The Morgan fingerprint density at radius 2 is 1.83 bits per heavy atom. The summed E-state index contributed by atoms with van der Waals surface area (Å²) in [5, 5.41) is 15.0. The first-order chi connectivity index (χ1) is 14.4. The lowest BCUT2D eigenvalue weighted by atomic mass is 10.1. The van der Waals surface area contributed by atoms with E-state index in [-0.39, 0.29) is 5.56 Å². The second kappa shape index (κ2) is 7.84. The third kappa shape index (κ3) is 3.68. The third-order valence-electron chi connectivity index (χ3n) is 4.69. The predicted molar refractivity (Wildman–Crippen MR) is 116 cm³/mol. The maximum Gasteiger partial charge on any atom is 0.331 e. The molecule has 4 N–H and O–H groups in total. The van der Waals surface area contributed by atoms with Gasteiger partial charge in [0.1, 0.15) is 0 Å². The van der Waals surface area contributed by atoms with Crippen LogP contribution >= 0.6 is 11.3 Å². The Morgan fingerprint density at radius 3 is 2.50 bits per heavy atom. The fourth-order valence-corrected chi connectivity index (χ4v) is 3.93. The quantitative estimate of drug-likeness (QED) is 0.430. The molecule has 150 valence electrons. The summed E-state index contributed by atoms with van der Waals surface area (Å²) in [6, 6.07) is 15.5. The summed E-state index contributed by atoms with van der Waals surface area (Å²) in [4.78, 5) is 37.4. The van der Waals surface area contributed by atoms with Gasteiger partial charge in [-0.15, -0.1) is 11.3 Å². The van der Waals surface area contributed by atoms with Crippen molar-refractivity contribution < 1.29 is 14.7 Å². The highest BCUT2D eigenvalue weighted by molar-refractivity contribution is 7.10. The molecular weight excluding hydrogens is 402 g/mol. The first-order valence-electron chi connectivity index (χ1n) is 9.02. The number of hydrogen-bond donors (Lipinski definition) is 3. The number of anilines is 1. The second-order valence-electron chi connectivity index (χ2n) is 6.64. The number of nitrogen functional groups attached to an aromatic ring is 1. The summed E-state index contributed by atoms with van der Waals surface area (Å²) in [6.07, 6.45) is 1.65. The lowest BCUT2D eigenvalue weighted by Crippen LogP contribution is -2.33. The molecule has 0 radical (unpaired) electrons. The second-order valence-corrected chi connectivity index (χ2v) is 7.62. The largest absolute Gasteiger partial charge is 0.479 e.